The molecule has 2 atom stereocenters. The SMILES string of the molecule is CC1=Cc2c(-c3ccc(C(C)(C)C)cc3)ccc(C)c2[CH]1[Zr]([Cl])([Cl])([CH]1C(c2ccccc2)=Cc2c(-c3ccc(C(C)(C)C)cc3)cccc21)[SiH](C)C. The van der Waals surface area contributed by atoms with Gasteiger partial charge in [0.05, 0.1) is 0 Å². The number of halogens is 2. The van der Waals surface area contributed by atoms with Crippen molar-refractivity contribution < 1.29 is 15.6 Å². The van der Waals surface area contributed by atoms with E-state index in [0.29, 0.717) is 0 Å². The number of fused-ring (bicyclic) bond motifs is 2. The van der Waals surface area contributed by atoms with Crippen LogP contribution in [-0.2, 0) is 26.4 Å². The molecule has 0 saturated heterocycles. The Morgan fingerprint density at radius 1 is 0.538 bits per heavy atom. The Labute approximate surface area is 321 Å². The average molecular weight is 820 g/mol. The van der Waals surface area contributed by atoms with E-state index in [4.69, 9.17) is 17.0 Å². The Morgan fingerprint density at radius 3 is 1.60 bits per heavy atom. The number of hydrogen-bond acceptors (Lipinski definition) is 0. The predicted molar refractivity (Wildman–Crippen MR) is 230 cm³/mol. The summed E-state index contributed by atoms with van der Waals surface area (Å²) >= 11 is -5.01. The summed E-state index contributed by atoms with van der Waals surface area (Å²) in [5, 5.41) is 0. The minimum absolute atomic E-state index is 0.0259. The minimum atomic E-state index is -5.01. The molecule has 267 valence electrons. The van der Waals surface area contributed by atoms with Gasteiger partial charge in [-0.3, -0.25) is 0 Å². The van der Waals surface area contributed by atoms with Crippen LogP contribution in [-0.4, -0.2) is 5.92 Å². The summed E-state index contributed by atoms with van der Waals surface area (Å²) in [6.45, 7) is 23.1. The molecule has 2 aliphatic rings. The number of allylic oxidation sites excluding steroid dienone is 2. The fraction of sp³-hybridized carbons (Fsp3) is 0.292. The summed E-state index contributed by atoms with van der Waals surface area (Å²) in [7, 11) is 17.6. The van der Waals surface area contributed by atoms with Crippen LogP contribution in [0.5, 0.6) is 0 Å². The van der Waals surface area contributed by atoms with Crippen LogP contribution in [0.3, 0.4) is 0 Å². The van der Waals surface area contributed by atoms with Crippen LogP contribution in [0.2, 0.25) is 13.1 Å². The van der Waals surface area contributed by atoms with E-state index in [-0.39, 0.29) is 18.1 Å². The molecule has 0 N–H and O–H groups in total. The molecule has 5 aromatic rings. The van der Waals surface area contributed by atoms with E-state index in [1.165, 1.54) is 77.9 Å². The number of rotatable bonds is 6. The van der Waals surface area contributed by atoms with Gasteiger partial charge in [0.25, 0.3) is 0 Å². The molecule has 0 aliphatic heterocycles. The average Bonchev–Trinajstić information content (AvgIpc) is 3.68. The third-order valence-corrected chi connectivity index (χ3v) is 64.0. The third kappa shape index (κ3) is 6.15. The van der Waals surface area contributed by atoms with Crippen molar-refractivity contribution in [1.29, 1.82) is 0 Å². The van der Waals surface area contributed by atoms with Gasteiger partial charge in [0.2, 0.25) is 0 Å². The number of aryl methyl sites for hydroxylation is 1. The Hall–Kier alpha value is -2.74. The monoisotopic (exact) mass is 817 g/mol. The van der Waals surface area contributed by atoms with Gasteiger partial charge in [-0.25, -0.2) is 0 Å². The van der Waals surface area contributed by atoms with Crippen LogP contribution in [0.25, 0.3) is 40.0 Å². The Morgan fingerprint density at radius 2 is 1.08 bits per heavy atom. The molecule has 0 spiro atoms. The van der Waals surface area contributed by atoms with Crippen molar-refractivity contribution in [3.05, 3.63) is 159 Å². The fourth-order valence-electron chi connectivity index (χ4n) is 9.05. The first kappa shape index (κ1) is 37.6. The Balaban J connectivity index is 1.44. The quantitative estimate of drug-likeness (QED) is 0.150. The molecule has 52 heavy (non-hydrogen) atoms. The van der Waals surface area contributed by atoms with E-state index in [9.17, 15) is 0 Å². The van der Waals surface area contributed by atoms with Gasteiger partial charge in [-0.1, -0.05) is 0 Å². The molecule has 0 amide bonds. The van der Waals surface area contributed by atoms with Crippen LogP contribution in [0.15, 0.2) is 115 Å². The maximum absolute atomic E-state index is 8.80. The standard InChI is InChI=1S/C25H23.C21H23.C2H7Si.2ClH.Zr/c1-25(2,3)22-14-12-19(13-15-22)23-11-7-10-20-16-21(17-24(20)23)18-8-5-4-6-9-18;1-14-12-19-15(2)6-11-18(20(19)13-14)16-7-9-17(10-8-16)21(3,4)5;1-3-2;;;/h4-17H,1-3H3;6-13H,1-5H3;3H,1-2H3;2*1H;/q;;;;;+2/p-2. The van der Waals surface area contributed by atoms with Crippen molar-refractivity contribution in [1.82, 2.24) is 0 Å². The zero-order valence-corrected chi connectivity index (χ0v) is 37.7. The molecule has 0 bridgehead atoms. The zero-order valence-electron chi connectivity index (χ0n) is 32.5. The molecule has 0 radical (unpaired) electrons. The number of hydrogen-bond donors (Lipinski definition) is 0. The molecule has 5 aromatic carbocycles. The molecule has 0 nitrogen and oxygen atoms in total. The first-order valence-electron chi connectivity index (χ1n) is 18.9. The summed E-state index contributed by atoms with van der Waals surface area (Å²) in [4.78, 5) is 0. The van der Waals surface area contributed by atoms with Crippen molar-refractivity contribution >= 4 is 40.7 Å². The summed E-state index contributed by atoms with van der Waals surface area (Å²) in [5.74, 6) is -1.73. The first-order valence-corrected chi connectivity index (χ1v) is 35.2. The Kier molecular flexibility index (Phi) is 9.56. The van der Waals surface area contributed by atoms with Crippen molar-refractivity contribution in [2.24, 2.45) is 0 Å². The van der Waals surface area contributed by atoms with Crippen LogP contribution in [0, 0.1) is 6.92 Å². The van der Waals surface area contributed by atoms with Gasteiger partial charge in [0.1, 0.15) is 0 Å². The zero-order chi connectivity index (χ0) is 37.4. The van der Waals surface area contributed by atoms with Gasteiger partial charge < -0.3 is 0 Å². The van der Waals surface area contributed by atoms with Gasteiger partial charge in [0.15, 0.2) is 0 Å². The van der Waals surface area contributed by atoms with E-state index >= 15 is 0 Å². The first-order chi connectivity index (χ1) is 24.4. The van der Waals surface area contributed by atoms with Crippen molar-refractivity contribution in [3.63, 3.8) is 0 Å². The van der Waals surface area contributed by atoms with Gasteiger partial charge in [0, 0.05) is 0 Å². The number of benzene rings is 5. The molecule has 4 heteroatoms. The maximum atomic E-state index is 8.80. The summed E-state index contributed by atoms with van der Waals surface area (Å²) in [6.07, 6.45) is 4.88. The van der Waals surface area contributed by atoms with Crippen LogP contribution in [0.1, 0.15) is 100 Å². The van der Waals surface area contributed by atoms with Crippen molar-refractivity contribution in [3.8, 4) is 22.3 Å². The van der Waals surface area contributed by atoms with E-state index in [0.717, 1.165) is 0 Å². The summed E-state index contributed by atoms with van der Waals surface area (Å²) in [5.41, 5.74) is 18.2. The molecular weight excluding hydrogens is 767 g/mol. The molecule has 2 unspecified atom stereocenters. The van der Waals surface area contributed by atoms with E-state index in [2.05, 4.69) is 190 Å². The molecule has 0 aromatic heterocycles. The molecule has 0 saturated carbocycles. The van der Waals surface area contributed by atoms with E-state index in [1.807, 2.05) is 0 Å². The van der Waals surface area contributed by atoms with Gasteiger partial charge in [-0.05, 0) is 0 Å². The van der Waals surface area contributed by atoms with E-state index < -0.39 is 21.5 Å². The Bertz CT molecular complexity index is 2230. The second kappa shape index (κ2) is 13.2. The fourth-order valence-corrected chi connectivity index (χ4v) is 40.6. The van der Waals surface area contributed by atoms with Crippen LogP contribution >= 0.6 is 17.0 Å². The molecule has 7 rings (SSSR count). The topological polar surface area (TPSA) is 0 Å². The predicted octanol–water partition coefficient (Wildman–Crippen LogP) is 14.7. The molecule has 0 heterocycles. The van der Waals surface area contributed by atoms with Gasteiger partial charge in [-0.2, -0.15) is 0 Å². The van der Waals surface area contributed by atoms with Crippen LogP contribution in [0.4, 0.5) is 0 Å². The normalized spacial score (nSPS) is 18.1. The molecular formula is C48H53Cl2SiZr. The molecule has 0 fully saturated rings. The van der Waals surface area contributed by atoms with E-state index in [1.54, 1.807) is 0 Å². The van der Waals surface area contributed by atoms with Crippen molar-refractivity contribution in [2.75, 3.05) is 0 Å². The summed E-state index contributed by atoms with van der Waals surface area (Å²) < 4.78 is -0.00547. The van der Waals surface area contributed by atoms with Gasteiger partial charge >= 0.3 is 324 Å². The second-order valence-corrected chi connectivity index (χ2v) is 60.3. The third-order valence-electron chi connectivity index (χ3n) is 12.1. The second-order valence-electron chi connectivity index (χ2n) is 17.8. The molecule has 2 aliphatic carbocycles. The summed E-state index contributed by atoms with van der Waals surface area (Å²) in [6, 6.07) is 40.7. The van der Waals surface area contributed by atoms with Crippen LogP contribution < -0.4 is 0 Å². The van der Waals surface area contributed by atoms with Gasteiger partial charge in [-0.15, -0.1) is 0 Å². The van der Waals surface area contributed by atoms with Crippen molar-refractivity contribution in [2.45, 2.75) is 86.6 Å².